The van der Waals surface area contributed by atoms with Crippen LogP contribution in [-0.2, 0) is 4.79 Å². The summed E-state index contributed by atoms with van der Waals surface area (Å²) in [7, 11) is 0. The molecule has 0 aliphatic carbocycles. The van der Waals surface area contributed by atoms with E-state index in [2.05, 4.69) is 25.8 Å². The average Bonchev–Trinajstić information content (AvgIpc) is 3.20. The summed E-state index contributed by atoms with van der Waals surface area (Å²) < 4.78 is 0. The molecule has 0 spiro atoms. The van der Waals surface area contributed by atoms with Gasteiger partial charge in [-0.3, -0.25) is 4.79 Å². The molecule has 7 nitrogen and oxygen atoms in total. The number of nitrogens with one attached hydrogen (secondary N) is 3. The van der Waals surface area contributed by atoms with Crippen molar-refractivity contribution in [1.82, 2.24) is 4.98 Å². The van der Waals surface area contributed by atoms with Crippen LogP contribution >= 0.6 is 0 Å². The van der Waals surface area contributed by atoms with Gasteiger partial charge in [0, 0.05) is 37.1 Å². The van der Waals surface area contributed by atoms with Crippen LogP contribution in [0.15, 0.2) is 36.5 Å². The Bertz CT molecular complexity index is 831. The Morgan fingerprint density at radius 3 is 2.33 bits per heavy atom. The molecule has 3 amide bonds. The first-order valence-corrected chi connectivity index (χ1v) is 9.26. The molecule has 3 rings (SSSR count). The zero-order valence-electron chi connectivity index (χ0n) is 15.7. The van der Waals surface area contributed by atoms with E-state index < -0.39 is 0 Å². The van der Waals surface area contributed by atoms with E-state index in [0.717, 1.165) is 37.3 Å². The molecule has 1 aliphatic rings. The number of hydrogen-bond acceptors (Lipinski definition) is 4. The van der Waals surface area contributed by atoms with E-state index in [9.17, 15) is 9.59 Å². The fraction of sp³-hybridized carbons (Fsp3) is 0.350. The minimum Gasteiger partial charge on any atom is -0.355 e. The second-order valence-corrected chi connectivity index (χ2v) is 6.53. The second kappa shape index (κ2) is 8.53. The standard InChI is InChI=1S/C20H25N5O2/c1-3-18(26)22-15-8-6-9-16(14(15)2)23-20(27)24-17-10-7-11-21-19(17)25-12-4-5-13-25/h6-11H,3-5,12-13H2,1-2H3,(H,22,26)(H2,23,24,27). The first-order chi connectivity index (χ1) is 13.1. The lowest BCUT2D eigenvalue weighted by atomic mass is 10.1. The maximum atomic E-state index is 12.5. The molecule has 1 aromatic carbocycles. The van der Waals surface area contributed by atoms with Crippen LogP contribution in [-0.4, -0.2) is 30.0 Å². The fourth-order valence-electron chi connectivity index (χ4n) is 3.10. The number of benzene rings is 1. The van der Waals surface area contributed by atoms with Crippen molar-refractivity contribution < 1.29 is 9.59 Å². The predicted octanol–water partition coefficient (Wildman–Crippen LogP) is 3.98. The molecule has 0 atom stereocenters. The molecule has 1 fully saturated rings. The number of pyridine rings is 1. The zero-order chi connectivity index (χ0) is 19.2. The monoisotopic (exact) mass is 367 g/mol. The highest BCUT2D eigenvalue weighted by atomic mass is 16.2. The van der Waals surface area contributed by atoms with Crippen LogP contribution in [0.4, 0.5) is 27.7 Å². The van der Waals surface area contributed by atoms with E-state index in [1.165, 1.54) is 0 Å². The molecule has 2 heterocycles. The van der Waals surface area contributed by atoms with Crippen LogP contribution in [0.5, 0.6) is 0 Å². The summed E-state index contributed by atoms with van der Waals surface area (Å²) in [6.07, 6.45) is 4.41. The lowest BCUT2D eigenvalue weighted by Crippen LogP contribution is -2.25. The van der Waals surface area contributed by atoms with Gasteiger partial charge in [0.1, 0.15) is 0 Å². The van der Waals surface area contributed by atoms with Gasteiger partial charge in [-0.15, -0.1) is 0 Å². The van der Waals surface area contributed by atoms with Gasteiger partial charge in [-0.25, -0.2) is 9.78 Å². The summed E-state index contributed by atoms with van der Waals surface area (Å²) in [4.78, 5) is 30.8. The van der Waals surface area contributed by atoms with E-state index in [1.807, 2.05) is 19.1 Å². The van der Waals surface area contributed by atoms with Gasteiger partial charge >= 0.3 is 6.03 Å². The van der Waals surface area contributed by atoms with Crippen molar-refractivity contribution in [3.05, 3.63) is 42.1 Å². The van der Waals surface area contributed by atoms with Crippen molar-refractivity contribution in [2.24, 2.45) is 0 Å². The third kappa shape index (κ3) is 4.55. The molecule has 1 aliphatic heterocycles. The molecule has 1 saturated heterocycles. The molecule has 0 bridgehead atoms. The molecule has 1 aromatic heterocycles. The minimum absolute atomic E-state index is 0.0645. The van der Waals surface area contributed by atoms with Gasteiger partial charge in [0.2, 0.25) is 5.91 Å². The summed E-state index contributed by atoms with van der Waals surface area (Å²) in [6.45, 7) is 5.56. The van der Waals surface area contributed by atoms with Gasteiger partial charge in [-0.2, -0.15) is 0 Å². The Balaban J connectivity index is 1.72. The van der Waals surface area contributed by atoms with E-state index in [4.69, 9.17) is 0 Å². The van der Waals surface area contributed by atoms with Crippen LogP contribution in [0.2, 0.25) is 0 Å². The number of amides is 3. The van der Waals surface area contributed by atoms with E-state index in [1.54, 1.807) is 31.3 Å². The molecular weight excluding hydrogens is 342 g/mol. The molecule has 7 heteroatoms. The number of urea groups is 1. The van der Waals surface area contributed by atoms with Gasteiger partial charge in [0.05, 0.1) is 5.69 Å². The minimum atomic E-state index is -0.342. The highest BCUT2D eigenvalue weighted by Crippen LogP contribution is 2.27. The molecule has 2 aromatic rings. The SMILES string of the molecule is CCC(=O)Nc1cccc(NC(=O)Nc2cccnc2N2CCCC2)c1C. The molecule has 27 heavy (non-hydrogen) atoms. The Hall–Kier alpha value is -3.09. The summed E-state index contributed by atoms with van der Waals surface area (Å²) in [5, 5.41) is 8.60. The fourth-order valence-corrected chi connectivity index (χ4v) is 3.10. The van der Waals surface area contributed by atoms with Crippen molar-refractivity contribution in [3.63, 3.8) is 0 Å². The van der Waals surface area contributed by atoms with Crippen LogP contribution in [0.1, 0.15) is 31.7 Å². The molecule has 0 radical (unpaired) electrons. The molecule has 3 N–H and O–H groups in total. The van der Waals surface area contributed by atoms with Gasteiger partial charge in [0.15, 0.2) is 5.82 Å². The van der Waals surface area contributed by atoms with Crippen molar-refractivity contribution in [3.8, 4) is 0 Å². The Labute approximate surface area is 159 Å². The summed E-state index contributed by atoms with van der Waals surface area (Å²) >= 11 is 0. The highest BCUT2D eigenvalue weighted by molar-refractivity contribution is 6.02. The Kier molecular flexibility index (Phi) is 5.90. The van der Waals surface area contributed by atoms with Crippen LogP contribution in [0.25, 0.3) is 0 Å². The summed E-state index contributed by atoms with van der Waals surface area (Å²) in [6, 6.07) is 8.74. The number of anilines is 4. The van der Waals surface area contributed by atoms with Gasteiger partial charge < -0.3 is 20.9 Å². The number of aromatic nitrogens is 1. The first kappa shape index (κ1) is 18.7. The number of hydrogen-bond donors (Lipinski definition) is 3. The largest absolute Gasteiger partial charge is 0.355 e. The van der Waals surface area contributed by atoms with Gasteiger partial charge in [0.25, 0.3) is 0 Å². The van der Waals surface area contributed by atoms with Crippen LogP contribution < -0.4 is 20.9 Å². The van der Waals surface area contributed by atoms with Crippen molar-refractivity contribution in [2.45, 2.75) is 33.1 Å². The third-order valence-corrected chi connectivity index (χ3v) is 4.62. The summed E-state index contributed by atoms with van der Waals surface area (Å²) in [5.74, 6) is 0.733. The van der Waals surface area contributed by atoms with Crippen LogP contribution in [0.3, 0.4) is 0 Å². The topological polar surface area (TPSA) is 86.4 Å². The number of carbonyl (C=O) groups excluding carboxylic acids is 2. The van der Waals surface area contributed by atoms with Crippen molar-refractivity contribution >= 4 is 34.8 Å². The van der Waals surface area contributed by atoms with E-state index in [0.29, 0.717) is 23.5 Å². The first-order valence-electron chi connectivity index (χ1n) is 9.26. The number of nitrogens with zero attached hydrogens (tertiary/aromatic N) is 2. The van der Waals surface area contributed by atoms with Crippen molar-refractivity contribution in [2.75, 3.05) is 33.9 Å². The highest BCUT2D eigenvalue weighted by Gasteiger charge is 2.18. The van der Waals surface area contributed by atoms with Crippen LogP contribution in [0, 0.1) is 6.92 Å². The lowest BCUT2D eigenvalue weighted by Gasteiger charge is -2.20. The lowest BCUT2D eigenvalue weighted by molar-refractivity contribution is -0.115. The Morgan fingerprint density at radius 2 is 1.63 bits per heavy atom. The molecule has 0 unspecified atom stereocenters. The molecular formula is C20H25N5O2. The Morgan fingerprint density at radius 1 is 1.00 bits per heavy atom. The quantitative estimate of drug-likeness (QED) is 0.746. The normalized spacial score (nSPS) is 13.3. The maximum Gasteiger partial charge on any atom is 0.323 e. The second-order valence-electron chi connectivity index (χ2n) is 6.53. The van der Waals surface area contributed by atoms with Crippen molar-refractivity contribution in [1.29, 1.82) is 0 Å². The smallest absolute Gasteiger partial charge is 0.323 e. The molecule has 0 saturated carbocycles. The predicted molar refractivity (Wildman–Crippen MR) is 108 cm³/mol. The van der Waals surface area contributed by atoms with Gasteiger partial charge in [-0.1, -0.05) is 13.0 Å². The third-order valence-electron chi connectivity index (χ3n) is 4.62. The maximum absolute atomic E-state index is 12.5. The molecule has 142 valence electrons. The number of carbonyl (C=O) groups is 2. The van der Waals surface area contributed by atoms with E-state index >= 15 is 0 Å². The average molecular weight is 367 g/mol. The zero-order valence-corrected chi connectivity index (χ0v) is 15.7. The summed E-state index contributed by atoms with van der Waals surface area (Å²) in [5.41, 5.74) is 2.83. The number of rotatable bonds is 5. The van der Waals surface area contributed by atoms with E-state index in [-0.39, 0.29) is 11.9 Å². The van der Waals surface area contributed by atoms with Gasteiger partial charge in [-0.05, 0) is 49.6 Å².